The Labute approximate surface area is 99.4 Å². The molecule has 3 unspecified atom stereocenters. The third-order valence-electron chi connectivity index (χ3n) is 2.64. The smallest absolute Gasteiger partial charge is 0.178 e. The number of alkyl halides is 1. The van der Waals surface area contributed by atoms with E-state index in [1.807, 2.05) is 0 Å². The lowest BCUT2D eigenvalue weighted by atomic mass is 9.82. The molecule has 1 fully saturated rings. The van der Waals surface area contributed by atoms with Crippen LogP contribution in [0, 0.1) is 5.92 Å². The summed E-state index contributed by atoms with van der Waals surface area (Å²) in [5.41, 5.74) is 0. The van der Waals surface area contributed by atoms with Gasteiger partial charge in [0, 0.05) is 4.83 Å². The molecular weight excluding hydrogens is 347 g/mol. The van der Waals surface area contributed by atoms with E-state index in [2.05, 4.69) is 38.5 Å². The van der Waals surface area contributed by atoms with Gasteiger partial charge >= 0.3 is 0 Å². The molecule has 0 saturated heterocycles. The van der Waals surface area contributed by atoms with E-state index in [4.69, 9.17) is 4.74 Å². The molecule has 2 rings (SSSR count). The van der Waals surface area contributed by atoms with Crippen LogP contribution in [-0.4, -0.2) is 16.7 Å². The molecule has 0 N–H and O–H groups in total. The van der Waals surface area contributed by atoms with Gasteiger partial charge < -0.3 is 4.74 Å². The molecule has 2 nitrogen and oxygen atoms in total. The Hall–Kier alpha value is 0.420. The summed E-state index contributed by atoms with van der Waals surface area (Å²) in [7, 11) is 0. The van der Waals surface area contributed by atoms with Crippen molar-refractivity contribution in [1.82, 2.24) is 0 Å². The lowest BCUT2D eigenvalue weighted by molar-refractivity contribution is -0.125. The minimum absolute atomic E-state index is 0.0926. The first-order valence-electron chi connectivity index (χ1n) is 4.38. The average Bonchev–Trinajstić information content (AvgIpc) is 2.12. The highest BCUT2D eigenvalue weighted by atomic mass is 127. The van der Waals surface area contributed by atoms with Gasteiger partial charge in [0.15, 0.2) is 5.78 Å². The Kier molecular flexibility index (Phi) is 2.97. The Morgan fingerprint density at radius 3 is 3.08 bits per heavy atom. The van der Waals surface area contributed by atoms with Gasteiger partial charge in [-0.2, -0.15) is 0 Å². The van der Waals surface area contributed by atoms with Crippen LogP contribution in [0.25, 0.3) is 0 Å². The van der Waals surface area contributed by atoms with E-state index in [0.717, 1.165) is 22.8 Å². The van der Waals surface area contributed by atoms with Crippen LogP contribution in [0.1, 0.15) is 19.3 Å². The van der Waals surface area contributed by atoms with E-state index in [1.54, 1.807) is 6.26 Å². The summed E-state index contributed by atoms with van der Waals surface area (Å²) in [5.74, 6) is 0.357. The van der Waals surface area contributed by atoms with Gasteiger partial charge in [0.25, 0.3) is 0 Å². The molecule has 0 bridgehead atoms. The summed E-state index contributed by atoms with van der Waals surface area (Å²) in [5, 5.41) is 0. The SMILES string of the molecule is O=C1C(I)=COC2CCC(Br)CC12. The molecule has 0 aromatic carbocycles. The van der Waals surface area contributed by atoms with Crippen LogP contribution in [0.3, 0.4) is 0 Å². The van der Waals surface area contributed by atoms with Crippen LogP contribution in [0.4, 0.5) is 0 Å². The average molecular weight is 357 g/mol. The van der Waals surface area contributed by atoms with Gasteiger partial charge in [0.05, 0.1) is 9.50 Å². The predicted octanol–water partition coefficient (Wildman–Crippen LogP) is 2.79. The van der Waals surface area contributed by atoms with E-state index in [1.165, 1.54) is 0 Å². The fraction of sp³-hybridized carbons (Fsp3) is 0.667. The zero-order valence-corrected chi connectivity index (χ0v) is 10.7. The van der Waals surface area contributed by atoms with E-state index in [9.17, 15) is 4.79 Å². The van der Waals surface area contributed by atoms with Crippen molar-refractivity contribution in [2.75, 3.05) is 0 Å². The maximum atomic E-state index is 11.7. The zero-order chi connectivity index (χ0) is 9.42. The highest BCUT2D eigenvalue weighted by Gasteiger charge is 2.38. The van der Waals surface area contributed by atoms with Gasteiger partial charge in [-0.15, -0.1) is 0 Å². The summed E-state index contributed by atoms with van der Waals surface area (Å²) in [6.07, 6.45) is 4.77. The molecule has 1 aliphatic heterocycles. The van der Waals surface area contributed by atoms with E-state index in [-0.39, 0.29) is 17.8 Å². The van der Waals surface area contributed by atoms with Gasteiger partial charge in [-0.3, -0.25) is 4.79 Å². The van der Waals surface area contributed by atoms with Gasteiger partial charge in [0.2, 0.25) is 0 Å². The molecule has 72 valence electrons. The Morgan fingerprint density at radius 2 is 2.31 bits per heavy atom. The molecular formula is C9H10BrIO2. The van der Waals surface area contributed by atoms with Crippen molar-refractivity contribution in [1.29, 1.82) is 0 Å². The second-order valence-electron chi connectivity index (χ2n) is 3.52. The lowest BCUT2D eigenvalue weighted by Crippen LogP contribution is -2.38. The monoisotopic (exact) mass is 356 g/mol. The van der Waals surface area contributed by atoms with E-state index in [0.29, 0.717) is 4.83 Å². The summed E-state index contributed by atoms with van der Waals surface area (Å²) in [6, 6.07) is 0. The van der Waals surface area contributed by atoms with E-state index >= 15 is 0 Å². The molecule has 0 radical (unpaired) electrons. The third kappa shape index (κ3) is 1.93. The number of hydrogen-bond donors (Lipinski definition) is 0. The first kappa shape index (κ1) is 9.96. The van der Waals surface area contributed by atoms with Crippen molar-refractivity contribution in [3.8, 4) is 0 Å². The minimum atomic E-state index is 0.0926. The Balaban J connectivity index is 2.17. The predicted molar refractivity (Wildman–Crippen MR) is 62.0 cm³/mol. The number of carbonyl (C=O) groups excluding carboxylic acids is 1. The molecule has 4 heteroatoms. The normalized spacial score (nSPS) is 39.1. The first-order chi connectivity index (χ1) is 6.18. The number of ether oxygens (including phenoxy) is 1. The second-order valence-corrected chi connectivity index (χ2v) is 5.98. The van der Waals surface area contributed by atoms with Crippen molar-refractivity contribution >= 4 is 44.3 Å². The number of ketones is 1. The highest BCUT2D eigenvalue weighted by Crippen LogP contribution is 2.37. The van der Waals surface area contributed by atoms with Crippen molar-refractivity contribution in [2.45, 2.75) is 30.2 Å². The Morgan fingerprint density at radius 1 is 1.54 bits per heavy atom. The Bertz CT molecular complexity index is 264. The molecule has 0 spiro atoms. The van der Waals surface area contributed by atoms with Crippen molar-refractivity contribution in [2.24, 2.45) is 5.92 Å². The fourth-order valence-electron chi connectivity index (χ4n) is 1.91. The minimum Gasteiger partial charge on any atom is -0.496 e. The summed E-state index contributed by atoms with van der Waals surface area (Å²) >= 11 is 5.62. The number of fused-ring (bicyclic) bond motifs is 1. The highest BCUT2D eigenvalue weighted by molar-refractivity contribution is 14.1. The van der Waals surface area contributed by atoms with Crippen LogP contribution in [0.15, 0.2) is 9.84 Å². The van der Waals surface area contributed by atoms with Gasteiger partial charge in [0.1, 0.15) is 12.4 Å². The largest absolute Gasteiger partial charge is 0.496 e. The number of carbonyl (C=O) groups is 1. The van der Waals surface area contributed by atoms with Crippen LogP contribution in [0.2, 0.25) is 0 Å². The number of halogens is 2. The molecule has 0 aromatic heterocycles. The molecule has 3 atom stereocenters. The molecule has 13 heavy (non-hydrogen) atoms. The van der Waals surface area contributed by atoms with Crippen LogP contribution in [0.5, 0.6) is 0 Å². The fourth-order valence-corrected chi connectivity index (χ4v) is 3.13. The molecule has 0 amide bonds. The molecule has 1 heterocycles. The van der Waals surface area contributed by atoms with Crippen LogP contribution < -0.4 is 0 Å². The third-order valence-corrected chi connectivity index (χ3v) is 4.26. The maximum Gasteiger partial charge on any atom is 0.178 e. The number of hydrogen-bond acceptors (Lipinski definition) is 2. The summed E-state index contributed by atoms with van der Waals surface area (Å²) < 4.78 is 6.24. The van der Waals surface area contributed by atoms with Gasteiger partial charge in [-0.05, 0) is 41.9 Å². The quantitative estimate of drug-likeness (QED) is 0.493. The number of Topliss-reactive ketones (excluding diaryl/α,β-unsaturated/α-hetero) is 1. The van der Waals surface area contributed by atoms with Gasteiger partial charge in [-0.1, -0.05) is 15.9 Å². The summed E-state index contributed by atoms with van der Waals surface area (Å²) in [4.78, 5) is 12.2. The van der Waals surface area contributed by atoms with Crippen LogP contribution >= 0.6 is 38.5 Å². The zero-order valence-electron chi connectivity index (χ0n) is 7.00. The van der Waals surface area contributed by atoms with Crippen LogP contribution in [-0.2, 0) is 9.53 Å². The van der Waals surface area contributed by atoms with E-state index < -0.39 is 0 Å². The first-order valence-corrected chi connectivity index (χ1v) is 6.37. The number of rotatable bonds is 0. The topological polar surface area (TPSA) is 26.3 Å². The summed E-state index contributed by atoms with van der Waals surface area (Å²) in [6.45, 7) is 0. The maximum absolute atomic E-state index is 11.7. The van der Waals surface area contributed by atoms with Crippen molar-refractivity contribution in [3.05, 3.63) is 9.84 Å². The van der Waals surface area contributed by atoms with Crippen molar-refractivity contribution in [3.63, 3.8) is 0 Å². The molecule has 0 aromatic rings. The standard InChI is InChI=1S/C9H10BrIO2/c10-5-1-2-8-6(3-5)9(12)7(11)4-13-8/h4-6,8H,1-3H2. The number of allylic oxidation sites excluding steroid dienone is 1. The molecule has 1 aliphatic carbocycles. The lowest BCUT2D eigenvalue weighted by Gasteiger charge is -2.34. The molecule has 1 saturated carbocycles. The second kappa shape index (κ2) is 3.88. The van der Waals surface area contributed by atoms with Crippen molar-refractivity contribution < 1.29 is 9.53 Å². The van der Waals surface area contributed by atoms with Gasteiger partial charge in [-0.25, -0.2) is 0 Å². The molecule has 2 aliphatic rings.